The van der Waals surface area contributed by atoms with Crippen LogP contribution in [-0.2, 0) is 11.2 Å². The SMILES string of the molecule is C=C(OC)c1ccc(OCCCc2cnc(N)nc2NCCCC)cc1OC. The fourth-order valence-electron chi connectivity index (χ4n) is 2.69. The molecule has 0 amide bonds. The Bertz CT molecular complexity index is 780. The first kappa shape index (κ1) is 21.3. The van der Waals surface area contributed by atoms with Crippen LogP contribution in [0.5, 0.6) is 11.5 Å². The summed E-state index contributed by atoms with van der Waals surface area (Å²) in [6.07, 6.45) is 5.61. The van der Waals surface area contributed by atoms with Gasteiger partial charge in [0.05, 0.1) is 26.4 Å². The van der Waals surface area contributed by atoms with Crippen molar-refractivity contribution in [2.75, 3.05) is 38.4 Å². The number of nitrogens with one attached hydrogen (secondary N) is 1. The maximum absolute atomic E-state index is 5.86. The summed E-state index contributed by atoms with van der Waals surface area (Å²) >= 11 is 0. The van der Waals surface area contributed by atoms with E-state index in [1.807, 2.05) is 18.2 Å². The third-order valence-electron chi connectivity index (χ3n) is 4.28. The fourth-order valence-corrected chi connectivity index (χ4v) is 2.69. The molecule has 7 nitrogen and oxygen atoms in total. The molecule has 28 heavy (non-hydrogen) atoms. The van der Waals surface area contributed by atoms with E-state index in [1.54, 1.807) is 20.4 Å². The number of aromatic nitrogens is 2. The second-order valence-electron chi connectivity index (χ2n) is 6.32. The largest absolute Gasteiger partial charge is 0.497 e. The molecule has 0 aliphatic carbocycles. The Kier molecular flexibility index (Phi) is 8.39. The lowest BCUT2D eigenvalue weighted by Crippen LogP contribution is -2.10. The highest BCUT2D eigenvalue weighted by molar-refractivity contribution is 5.65. The molecule has 0 unspecified atom stereocenters. The van der Waals surface area contributed by atoms with Gasteiger partial charge in [-0.25, -0.2) is 4.98 Å². The molecule has 2 aromatic rings. The zero-order chi connectivity index (χ0) is 20.4. The van der Waals surface area contributed by atoms with E-state index in [4.69, 9.17) is 19.9 Å². The molecular formula is C21H30N4O3. The molecule has 152 valence electrons. The average molecular weight is 386 g/mol. The molecule has 2 rings (SSSR count). The first-order valence-corrected chi connectivity index (χ1v) is 9.48. The highest BCUT2D eigenvalue weighted by Crippen LogP contribution is 2.29. The van der Waals surface area contributed by atoms with Gasteiger partial charge in [-0.1, -0.05) is 19.9 Å². The Morgan fingerprint density at radius 2 is 2.07 bits per heavy atom. The Morgan fingerprint density at radius 1 is 1.25 bits per heavy atom. The van der Waals surface area contributed by atoms with Gasteiger partial charge in [-0.05, 0) is 31.4 Å². The number of aryl methyl sites for hydroxylation is 1. The molecule has 0 bridgehead atoms. The van der Waals surface area contributed by atoms with Crippen LogP contribution in [-0.4, -0.2) is 37.3 Å². The van der Waals surface area contributed by atoms with E-state index in [9.17, 15) is 0 Å². The summed E-state index contributed by atoms with van der Waals surface area (Å²) < 4.78 is 16.4. The molecule has 3 N–H and O–H groups in total. The smallest absolute Gasteiger partial charge is 0.221 e. The lowest BCUT2D eigenvalue weighted by Gasteiger charge is -2.13. The van der Waals surface area contributed by atoms with E-state index < -0.39 is 0 Å². The van der Waals surface area contributed by atoms with Crippen LogP contribution in [0.3, 0.4) is 0 Å². The normalized spacial score (nSPS) is 10.4. The van der Waals surface area contributed by atoms with Gasteiger partial charge in [0.15, 0.2) is 0 Å². The average Bonchev–Trinajstić information content (AvgIpc) is 2.71. The number of hydrogen-bond donors (Lipinski definition) is 2. The van der Waals surface area contributed by atoms with E-state index in [1.165, 1.54) is 0 Å². The fraction of sp³-hybridized carbons (Fsp3) is 0.429. The molecule has 0 atom stereocenters. The van der Waals surface area contributed by atoms with Gasteiger partial charge in [0.25, 0.3) is 0 Å². The van der Waals surface area contributed by atoms with Gasteiger partial charge in [0.1, 0.15) is 23.1 Å². The summed E-state index contributed by atoms with van der Waals surface area (Å²) in [5.74, 6) is 3.04. The summed E-state index contributed by atoms with van der Waals surface area (Å²) in [4.78, 5) is 8.43. The number of hydrogen-bond acceptors (Lipinski definition) is 7. The quantitative estimate of drug-likeness (QED) is 0.422. The molecule has 0 aliphatic heterocycles. The first-order valence-electron chi connectivity index (χ1n) is 9.48. The van der Waals surface area contributed by atoms with E-state index in [2.05, 4.69) is 28.8 Å². The number of nitrogen functional groups attached to an aromatic ring is 1. The minimum Gasteiger partial charge on any atom is -0.497 e. The van der Waals surface area contributed by atoms with Crippen molar-refractivity contribution < 1.29 is 14.2 Å². The van der Waals surface area contributed by atoms with Crippen molar-refractivity contribution in [1.29, 1.82) is 0 Å². The zero-order valence-electron chi connectivity index (χ0n) is 17.0. The Morgan fingerprint density at radius 3 is 2.79 bits per heavy atom. The lowest BCUT2D eigenvalue weighted by atomic mass is 10.1. The van der Waals surface area contributed by atoms with Gasteiger partial charge < -0.3 is 25.3 Å². The number of benzene rings is 1. The molecule has 1 heterocycles. The predicted octanol–water partition coefficient (Wildman–Crippen LogP) is 3.91. The maximum atomic E-state index is 5.86. The van der Waals surface area contributed by atoms with Crippen molar-refractivity contribution in [3.05, 3.63) is 42.1 Å². The van der Waals surface area contributed by atoms with Gasteiger partial charge in [0, 0.05) is 24.4 Å². The standard InChI is InChI=1S/C21H30N4O3/c1-5-6-11-23-20-16(14-24-21(22)25-20)8-7-12-28-17-9-10-18(15(2)26-3)19(13-17)27-4/h9-10,13-14H,2,5-8,11-12H2,1,3-4H3,(H3,22,23,24,25). The molecular weight excluding hydrogens is 356 g/mol. The third-order valence-corrected chi connectivity index (χ3v) is 4.28. The summed E-state index contributed by atoms with van der Waals surface area (Å²) in [6, 6.07) is 5.60. The minimum absolute atomic E-state index is 0.281. The van der Waals surface area contributed by atoms with Gasteiger partial charge in [-0.2, -0.15) is 4.98 Å². The van der Waals surface area contributed by atoms with Crippen LogP contribution < -0.4 is 20.5 Å². The van der Waals surface area contributed by atoms with Crippen molar-refractivity contribution >= 4 is 17.5 Å². The first-order chi connectivity index (χ1) is 13.6. The Hall–Kier alpha value is -2.96. The number of unbranched alkanes of at least 4 members (excludes halogenated alkanes) is 1. The van der Waals surface area contributed by atoms with Gasteiger partial charge in [-0.15, -0.1) is 0 Å². The van der Waals surface area contributed by atoms with E-state index in [0.717, 1.165) is 54.9 Å². The molecule has 0 fully saturated rings. The lowest BCUT2D eigenvalue weighted by molar-refractivity contribution is 0.308. The van der Waals surface area contributed by atoms with Crippen LogP contribution in [0.25, 0.3) is 5.76 Å². The predicted molar refractivity (Wildman–Crippen MR) is 113 cm³/mol. The Balaban J connectivity index is 1.91. The summed E-state index contributed by atoms with van der Waals surface area (Å²) in [7, 11) is 3.19. The van der Waals surface area contributed by atoms with E-state index >= 15 is 0 Å². The molecule has 7 heteroatoms. The van der Waals surface area contributed by atoms with Crippen LogP contribution in [0.2, 0.25) is 0 Å². The van der Waals surface area contributed by atoms with Crippen molar-refractivity contribution in [3.63, 3.8) is 0 Å². The van der Waals surface area contributed by atoms with Crippen molar-refractivity contribution in [2.24, 2.45) is 0 Å². The second kappa shape index (κ2) is 11.0. The molecule has 0 radical (unpaired) electrons. The number of nitrogens with zero attached hydrogens (tertiary/aromatic N) is 2. The van der Waals surface area contributed by atoms with Crippen LogP contribution in [0.4, 0.5) is 11.8 Å². The molecule has 0 saturated carbocycles. The van der Waals surface area contributed by atoms with Crippen molar-refractivity contribution in [2.45, 2.75) is 32.6 Å². The summed E-state index contributed by atoms with van der Waals surface area (Å²) in [6.45, 7) is 7.45. The molecule has 1 aromatic carbocycles. The minimum atomic E-state index is 0.281. The summed E-state index contributed by atoms with van der Waals surface area (Å²) in [5, 5.41) is 3.34. The van der Waals surface area contributed by atoms with Gasteiger partial charge in [-0.3, -0.25) is 0 Å². The molecule has 0 saturated heterocycles. The van der Waals surface area contributed by atoms with E-state index in [0.29, 0.717) is 18.1 Å². The monoisotopic (exact) mass is 386 g/mol. The van der Waals surface area contributed by atoms with Crippen LogP contribution >= 0.6 is 0 Å². The van der Waals surface area contributed by atoms with Crippen molar-refractivity contribution in [1.82, 2.24) is 9.97 Å². The molecule has 1 aromatic heterocycles. The topological polar surface area (TPSA) is 91.5 Å². The highest BCUT2D eigenvalue weighted by atomic mass is 16.5. The van der Waals surface area contributed by atoms with Gasteiger partial charge >= 0.3 is 0 Å². The molecule has 0 aliphatic rings. The maximum Gasteiger partial charge on any atom is 0.221 e. The molecule has 0 spiro atoms. The van der Waals surface area contributed by atoms with Crippen LogP contribution in [0.1, 0.15) is 37.3 Å². The van der Waals surface area contributed by atoms with Crippen LogP contribution in [0, 0.1) is 0 Å². The summed E-state index contributed by atoms with van der Waals surface area (Å²) in [5.41, 5.74) is 7.56. The van der Waals surface area contributed by atoms with Crippen molar-refractivity contribution in [3.8, 4) is 11.5 Å². The number of anilines is 2. The second-order valence-corrected chi connectivity index (χ2v) is 6.32. The number of rotatable bonds is 12. The van der Waals surface area contributed by atoms with Gasteiger partial charge in [0.2, 0.25) is 5.95 Å². The van der Waals surface area contributed by atoms with Crippen LogP contribution in [0.15, 0.2) is 31.0 Å². The third kappa shape index (κ3) is 6.04. The number of ether oxygens (including phenoxy) is 3. The Labute approximate surface area is 166 Å². The zero-order valence-corrected chi connectivity index (χ0v) is 17.0. The highest BCUT2D eigenvalue weighted by Gasteiger charge is 2.10. The van der Waals surface area contributed by atoms with E-state index in [-0.39, 0.29) is 5.95 Å². The number of nitrogens with two attached hydrogens (primary N) is 1. The number of methoxy groups -OCH3 is 2.